The standard InChI is InChI=1S/C18H26N2O/c1-14(19-16-4-2-3-5-16)15-6-8-17(9-7-15)20-12-10-18(21)11-13-20/h2-3,6-9,14,16,18-19,21H,4-5,10-13H2,1H3. The second kappa shape index (κ2) is 6.63. The monoisotopic (exact) mass is 286 g/mol. The summed E-state index contributed by atoms with van der Waals surface area (Å²) in [6.07, 6.45) is 8.49. The number of anilines is 1. The molecule has 1 atom stereocenters. The predicted octanol–water partition coefficient (Wildman–Crippen LogP) is 3.02. The lowest BCUT2D eigenvalue weighted by Crippen LogP contribution is -2.35. The molecule has 2 aliphatic rings. The Morgan fingerprint density at radius 3 is 2.33 bits per heavy atom. The highest BCUT2D eigenvalue weighted by molar-refractivity contribution is 5.48. The molecule has 1 saturated heterocycles. The van der Waals surface area contributed by atoms with Crippen molar-refractivity contribution in [2.24, 2.45) is 0 Å². The van der Waals surface area contributed by atoms with Gasteiger partial charge in [0.05, 0.1) is 6.10 Å². The molecule has 0 aromatic heterocycles. The number of nitrogens with one attached hydrogen (secondary N) is 1. The van der Waals surface area contributed by atoms with E-state index in [2.05, 4.69) is 53.6 Å². The van der Waals surface area contributed by atoms with Crippen LogP contribution in [0.15, 0.2) is 36.4 Å². The fourth-order valence-electron chi connectivity index (χ4n) is 3.30. The van der Waals surface area contributed by atoms with Gasteiger partial charge in [0, 0.05) is 30.9 Å². The molecule has 3 rings (SSSR count). The summed E-state index contributed by atoms with van der Waals surface area (Å²) in [4.78, 5) is 2.37. The first-order valence-corrected chi connectivity index (χ1v) is 8.16. The molecule has 0 saturated carbocycles. The lowest BCUT2D eigenvalue weighted by Gasteiger charge is -2.31. The highest BCUT2D eigenvalue weighted by atomic mass is 16.3. The first-order valence-electron chi connectivity index (χ1n) is 8.16. The van der Waals surface area contributed by atoms with Crippen LogP contribution < -0.4 is 10.2 Å². The third-order valence-electron chi connectivity index (χ3n) is 4.72. The van der Waals surface area contributed by atoms with Gasteiger partial charge >= 0.3 is 0 Å². The maximum atomic E-state index is 9.59. The van der Waals surface area contributed by atoms with Gasteiger partial charge in [0.15, 0.2) is 0 Å². The molecule has 1 heterocycles. The average Bonchev–Trinajstić information content (AvgIpc) is 3.01. The zero-order chi connectivity index (χ0) is 14.7. The van der Waals surface area contributed by atoms with E-state index >= 15 is 0 Å². The predicted molar refractivity (Wildman–Crippen MR) is 87.6 cm³/mol. The van der Waals surface area contributed by atoms with E-state index in [-0.39, 0.29) is 6.10 Å². The van der Waals surface area contributed by atoms with Crippen molar-refractivity contribution in [1.82, 2.24) is 5.32 Å². The first-order chi connectivity index (χ1) is 10.2. The molecule has 1 fully saturated rings. The number of hydrogen-bond acceptors (Lipinski definition) is 3. The summed E-state index contributed by atoms with van der Waals surface area (Å²) in [5, 5.41) is 13.3. The largest absolute Gasteiger partial charge is 0.393 e. The van der Waals surface area contributed by atoms with E-state index in [1.807, 2.05) is 0 Å². The summed E-state index contributed by atoms with van der Waals surface area (Å²) in [7, 11) is 0. The minimum Gasteiger partial charge on any atom is -0.393 e. The SMILES string of the molecule is CC(NC1CC=CC1)c1ccc(N2CCC(O)CC2)cc1. The Bertz CT molecular complexity index is 466. The van der Waals surface area contributed by atoms with Crippen LogP contribution in [0.2, 0.25) is 0 Å². The molecule has 0 amide bonds. The zero-order valence-corrected chi connectivity index (χ0v) is 12.8. The van der Waals surface area contributed by atoms with Crippen LogP contribution in [-0.2, 0) is 0 Å². The van der Waals surface area contributed by atoms with Crippen molar-refractivity contribution in [3.63, 3.8) is 0 Å². The normalized spacial score (nSPS) is 21.9. The molecule has 1 aromatic carbocycles. The molecule has 0 spiro atoms. The third kappa shape index (κ3) is 3.66. The Hall–Kier alpha value is -1.32. The maximum Gasteiger partial charge on any atom is 0.0574 e. The lowest BCUT2D eigenvalue weighted by atomic mass is 10.0. The molecule has 2 N–H and O–H groups in total. The van der Waals surface area contributed by atoms with Crippen molar-refractivity contribution in [2.45, 2.75) is 50.8 Å². The minimum absolute atomic E-state index is 0.107. The quantitative estimate of drug-likeness (QED) is 0.835. The van der Waals surface area contributed by atoms with Crippen molar-refractivity contribution < 1.29 is 5.11 Å². The van der Waals surface area contributed by atoms with Crippen LogP contribution in [0, 0.1) is 0 Å². The molecule has 21 heavy (non-hydrogen) atoms. The second-order valence-electron chi connectivity index (χ2n) is 6.34. The number of rotatable bonds is 4. The van der Waals surface area contributed by atoms with Gasteiger partial charge in [-0.05, 0) is 50.3 Å². The number of benzene rings is 1. The molecular formula is C18H26N2O. The summed E-state index contributed by atoms with van der Waals surface area (Å²) < 4.78 is 0. The minimum atomic E-state index is -0.107. The number of piperidine rings is 1. The van der Waals surface area contributed by atoms with Crippen molar-refractivity contribution in [3.8, 4) is 0 Å². The highest BCUT2D eigenvalue weighted by Crippen LogP contribution is 2.23. The van der Waals surface area contributed by atoms with E-state index in [0.717, 1.165) is 38.8 Å². The Kier molecular flexibility index (Phi) is 4.61. The van der Waals surface area contributed by atoms with Crippen molar-refractivity contribution in [2.75, 3.05) is 18.0 Å². The van der Waals surface area contributed by atoms with Crippen molar-refractivity contribution >= 4 is 5.69 Å². The third-order valence-corrected chi connectivity index (χ3v) is 4.72. The molecule has 0 radical (unpaired) electrons. The zero-order valence-electron chi connectivity index (χ0n) is 12.8. The maximum absolute atomic E-state index is 9.59. The molecule has 0 bridgehead atoms. The number of aliphatic hydroxyl groups is 1. The van der Waals surface area contributed by atoms with Gasteiger partial charge in [-0.25, -0.2) is 0 Å². The molecule has 114 valence electrons. The molecule has 3 heteroatoms. The Balaban J connectivity index is 1.58. The highest BCUT2D eigenvalue weighted by Gasteiger charge is 2.18. The van der Waals surface area contributed by atoms with Gasteiger partial charge in [0.1, 0.15) is 0 Å². The summed E-state index contributed by atoms with van der Waals surface area (Å²) in [6, 6.07) is 9.91. The number of nitrogens with zero attached hydrogens (tertiary/aromatic N) is 1. The molecule has 1 aromatic rings. The fourth-order valence-corrected chi connectivity index (χ4v) is 3.30. The topological polar surface area (TPSA) is 35.5 Å². The Morgan fingerprint density at radius 2 is 1.71 bits per heavy atom. The molecule has 3 nitrogen and oxygen atoms in total. The van der Waals surface area contributed by atoms with Crippen LogP contribution in [0.4, 0.5) is 5.69 Å². The fraction of sp³-hybridized carbons (Fsp3) is 0.556. The summed E-state index contributed by atoms with van der Waals surface area (Å²) in [5.41, 5.74) is 2.63. The van der Waals surface area contributed by atoms with Crippen LogP contribution in [0.3, 0.4) is 0 Å². The van der Waals surface area contributed by atoms with E-state index in [9.17, 15) is 5.11 Å². The van der Waals surface area contributed by atoms with E-state index in [1.165, 1.54) is 11.3 Å². The smallest absolute Gasteiger partial charge is 0.0574 e. The lowest BCUT2D eigenvalue weighted by molar-refractivity contribution is 0.145. The molecule has 1 aliphatic heterocycles. The Labute approximate surface area is 127 Å². The molecule has 1 unspecified atom stereocenters. The van der Waals surface area contributed by atoms with E-state index < -0.39 is 0 Å². The summed E-state index contributed by atoms with van der Waals surface area (Å²) >= 11 is 0. The number of aliphatic hydroxyl groups excluding tert-OH is 1. The second-order valence-corrected chi connectivity index (χ2v) is 6.34. The van der Waals surface area contributed by atoms with Crippen LogP contribution in [0.1, 0.15) is 44.2 Å². The van der Waals surface area contributed by atoms with Gasteiger partial charge in [-0.15, -0.1) is 0 Å². The van der Waals surface area contributed by atoms with Crippen LogP contribution in [0.25, 0.3) is 0 Å². The molecular weight excluding hydrogens is 260 g/mol. The first kappa shape index (κ1) is 14.6. The van der Waals surface area contributed by atoms with Gasteiger partial charge in [-0.2, -0.15) is 0 Å². The van der Waals surface area contributed by atoms with Crippen LogP contribution in [0.5, 0.6) is 0 Å². The average molecular weight is 286 g/mol. The van der Waals surface area contributed by atoms with Crippen LogP contribution in [-0.4, -0.2) is 30.3 Å². The van der Waals surface area contributed by atoms with Crippen molar-refractivity contribution in [1.29, 1.82) is 0 Å². The summed E-state index contributed by atoms with van der Waals surface area (Å²) in [6.45, 7) is 4.16. The Morgan fingerprint density at radius 1 is 1.10 bits per heavy atom. The van der Waals surface area contributed by atoms with E-state index in [4.69, 9.17) is 0 Å². The van der Waals surface area contributed by atoms with Gasteiger partial charge < -0.3 is 15.3 Å². The van der Waals surface area contributed by atoms with Gasteiger partial charge in [0.2, 0.25) is 0 Å². The van der Waals surface area contributed by atoms with Gasteiger partial charge in [0.25, 0.3) is 0 Å². The van der Waals surface area contributed by atoms with E-state index in [0.29, 0.717) is 12.1 Å². The van der Waals surface area contributed by atoms with E-state index in [1.54, 1.807) is 0 Å². The van der Waals surface area contributed by atoms with Gasteiger partial charge in [-0.3, -0.25) is 0 Å². The van der Waals surface area contributed by atoms with Crippen LogP contribution >= 0.6 is 0 Å². The van der Waals surface area contributed by atoms with Gasteiger partial charge in [-0.1, -0.05) is 24.3 Å². The number of hydrogen-bond donors (Lipinski definition) is 2. The summed E-state index contributed by atoms with van der Waals surface area (Å²) in [5.74, 6) is 0. The van der Waals surface area contributed by atoms with Crippen molar-refractivity contribution in [3.05, 3.63) is 42.0 Å². The molecule has 1 aliphatic carbocycles.